The van der Waals surface area contributed by atoms with E-state index in [1.807, 2.05) is 24.3 Å². The number of carbonyl (C=O) groups excluding carboxylic acids is 2. The third-order valence-corrected chi connectivity index (χ3v) is 5.15. The number of halogens is 3. The summed E-state index contributed by atoms with van der Waals surface area (Å²) in [5, 5.41) is 0. The minimum atomic E-state index is -5.21. The number of fused-ring (bicyclic) bond motifs is 1. The van der Waals surface area contributed by atoms with Gasteiger partial charge < -0.3 is 9.25 Å². The molecule has 4 rings (SSSR count). The van der Waals surface area contributed by atoms with E-state index in [0.29, 0.717) is 17.0 Å². The van der Waals surface area contributed by atoms with Crippen LogP contribution in [0, 0.1) is 0 Å². The van der Waals surface area contributed by atoms with Crippen LogP contribution in [0.15, 0.2) is 46.9 Å². The number of alkyl halides is 3. The van der Waals surface area contributed by atoms with Crippen molar-refractivity contribution in [2.24, 2.45) is 0 Å². The molecule has 1 aliphatic heterocycles. The number of nitrogens with zero attached hydrogens (tertiary/aromatic N) is 2. The van der Waals surface area contributed by atoms with Crippen LogP contribution in [0.1, 0.15) is 35.2 Å². The van der Waals surface area contributed by atoms with E-state index in [9.17, 15) is 22.8 Å². The lowest BCUT2D eigenvalue weighted by Crippen LogP contribution is -2.34. The van der Waals surface area contributed by atoms with E-state index in [0.717, 1.165) is 30.8 Å². The molecule has 3 aromatic rings. The lowest BCUT2D eigenvalue weighted by Gasteiger charge is -2.26. The molecule has 0 unspecified atom stereocenters. The number of hydrogen-bond acceptors (Lipinski definition) is 6. The molecule has 0 saturated carbocycles. The molecular weight excluding hydrogens is 427 g/mol. The van der Waals surface area contributed by atoms with Crippen molar-refractivity contribution >= 4 is 23.0 Å². The molecule has 168 valence electrons. The number of amides is 1. The quantitative estimate of drug-likeness (QED) is 0.603. The normalized spacial score (nSPS) is 15.0. The zero-order valence-electron chi connectivity index (χ0n) is 16.9. The van der Waals surface area contributed by atoms with Crippen molar-refractivity contribution in [1.82, 2.24) is 15.4 Å². The number of piperidine rings is 1. The predicted octanol–water partition coefficient (Wildman–Crippen LogP) is 4.23. The summed E-state index contributed by atoms with van der Waals surface area (Å²) in [6, 6.07) is 12.0. The second-order valence-electron chi connectivity index (χ2n) is 7.56. The van der Waals surface area contributed by atoms with E-state index in [4.69, 9.17) is 4.42 Å². The van der Waals surface area contributed by atoms with Gasteiger partial charge in [0, 0.05) is 17.7 Å². The fraction of sp³-hybridized carbons (Fsp3) is 0.318. The summed E-state index contributed by atoms with van der Waals surface area (Å²) in [7, 11) is 0. The molecule has 32 heavy (non-hydrogen) atoms. The number of likely N-dealkylation sites (tertiary alicyclic amines) is 1. The first kappa shape index (κ1) is 21.8. The summed E-state index contributed by atoms with van der Waals surface area (Å²) >= 11 is 0. The van der Waals surface area contributed by atoms with E-state index in [-0.39, 0.29) is 5.56 Å². The maximum atomic E-state index is 12.2. The number of rotatable bonds is 4. The zero-order chi connectivity index (χ0) is 22.7. The highest BCUT2D eigenvalue weighted by Crippen LogP contribution is 2.26. The summed E-state index contributed by atoms with van der Waals surface area (Å²) in [4.78, 5) is 33.3. The average Bonchev–Trinajstić information content (AvgIpc) is 3.21. The van der Waals surface area contributed by atoms with Gasteiger partial charge in [-0.25, -0.2) is 9.78 Å². The number of benzene rings is 2. The van der Waals surface area contributed by atoms with Crippen LogP contribution in [0.25, 0.3) is 22.6 Å². The Morgan fingerprint density at radius 1 is 1.09 bits per heavy atom. The number of hydrogen-bond donors (Lipinski definition) is 1. The fourth-order valence-electron chi connectivity index (χ4n) is 3.58. The molecule has 1 aromatic heterocycles. The summed E-state index contributed by atoms with van der Waals surface area (Å²) < 4.78 is 42.3. The van der Waals surface area contributed by atoms with Gasteiger partial charge in [-0.3, -0.25) is 9.69 Å². The Balaban J connectivity index is 1.49. The topological polar surface area (TPSA) is 84.7 Å². The predicted molar refractivity (Wildman–Crippen MR) is 108 cm³/mol. The van der Waals surface area contributed by atoms with Gasteiger partial charge >= 0.3 is 12.1 Å². The summed E-state index contributed by atoms with van der Waals surface area (Å²) in [5.74, 6) is -3.17. The lowest BCUT2D eigenvalue weighted by atomic mass is 10.1. The van der Waals surface area contributed by atoms with Crippen molar-refractivity contribution in [2.45, 2.75) is 32.0 Å². The smallest absolute Gasteiger partial charge is 0.436 e. The highest BCUT2D eigenvalue weighted by molar-refractivity contribution is 5.97. The van der Waals surface area contributed by atoms with Crippen LogP contribution < -0.4 is 5.48 Å². The Morgan fingerprint density at radius 2 is 1.88 bits per heavy atom. The van der Waals surface area contributed by atoms with Crippen LogP contribution in [0.3, 0.4) is 0 Å². The van der Waals surface area contributed by atoms with Crippen molar-refractivity contribution in [1.29, 1.82) is 0 Å². The van der Waals surface area contributed by atoms with Crippen LogP contribution in [0.4, 0.5) is 13.2 Å². The monoisotopic (exact) mass is 447 g/mol. The van der Waals surface area contributed by atoms with E-state index < -0.39 is 18.1 Å². The molecule has 7 nitrogen and oxygen atoms in total. The minimum absolute atomic E-state index is 0.0360. The lowest BCUT2D eigenvalue weighted by molar-refractivity contribution is -0.204. The maximum absolute atomic E-state index is 12.2. The number of oxazole rings is 1. The highest BCUT2D eigenvalue weighted by Gasteiger charge is 2.42. The molecule has 10 heteroatoms. The zero-order valence-corrected chi connectivity index (χ0v) is 16.9. The van der Waals surface area contributed by atoms with Crippen LogP contribution in [0.2, 0.25) is 0 Å². The number of nitrogens with one attached hydrogen (secondary N) is 1. The molecule has 1 saturated heterocycles. The van der Waals surface area contributed by atoms with Gasteiger partial charge in [-0.1, -0.05) is 18.6 Å². The first-order valence-corrected chi connectivity index (χ1v) is 10.1. The van der Waals surface area contributed by atoms with Gasteiger partial charge in [0.05, 0.1) is 0 Å². The van der Waals surface area contributed by atoms with Gasteiger partial charge in [-0.2, -0.15) is 18.7 Å². The van der Waals surface area contributed by atoms with Gasteiger partial charge in [0.25, 0.3) is 5.91 Å². The molecule has 2 heterocycles. The van der Waals surface area contributed by atoms with Crippen molar-refractivity contribution in [3.05, 3.63) is 53.6 Å². The molecular formula is C22H20F3N3O4. The van der Waals surface area contributed by atoms with Gasteiger partial charge in [0.1, 0.15) is 5.52 Å². The molecule has 0 radical (unpaired) electrons. The first-order valence-electron chi connectivity index (χ1n) is 10.1. The number of aromatic nitrogens is 1. The summed E-state index contributed by atoms with van der Waals surface area (Å²) in [5.41, 5.74) is 4.11. The third kappa shape index (κ3) is 5.08. The Labute approximate surface area is 181 Å². The van der Waals surface area contributed by atoms with Gasteiger partial charge in [0.15, 0.2) is 5.58 Å². The number of carbonyl (C=O) groups is 2. The standard InChI is InChI=1S/C22H20F3N3O4/c23-22(24,25)21(30)32-27-19(29)15-7-8-18-17(12-15)26-20(31-18)16-6-4-5-14(11-16)13-28-9-2-1-3-10-28/h4-8,11-12H,1-3,9-10,13H2,(H,27,29). The molecule has 2 aromatic carbocycles. The van der Waals surface area contributed by atoms with E-state index >= 15 is 0 Å². The van der Waals surface area contributed by atoms with Crippen LogP contribution in [0.5, 0.6) is 0 Å². The Morgan fingerprint density at radius 3 is 2.62 bits per heavy atom. The molecule has 1 aliphatic rings. The van der Waals surface area contributed by atoms with Gasteiger partial charge in [-0.15, -0.1) is 0 Å². The fourth-order valence-corrected chi connectivity index (χ4v) is 3.58. The van der Waals surface area contributed by atoms with Crippen molar-refractivity contribution < 1.29 is 32.0 Å². The van der Waals surface area contributed by atoms with Crippen molar-refractivity contribution in [3.63, 3.8) is 0 Å². The maximum Gasteiger partial charge on any atom is 0.493 e. The van der Waals surface area contributed by atoms with E-state index in [1.54, 1.807) is 0 Å². The summed E-state index contributed by atoms with van der Waals surface area (Å²) in [6.45, 7) is 3.00. The first-order chi connectivity index (χ1) is 15.3. The molecule has 1 amide bonds. The third-order valence-electron chi connectivity index (χ3n) is 5.15. The molecule has 0 spiro atoms. The van der Waals surface area contributed by atoms with Crippen LogP contribution in [-0.2, 0) is 16.2 Å². The number of hydroxylamine groups is 1. The Kier molecular flexibility index (Phi) is 6.13. The van der Waals surface area contributed by atoms with Crippen molar-refractivity contribution in [2.75, 3.05) is 13.1 Å². The van der Waals surface area contributed by atoms with E-state index in [1.165, 1.54) is 42.9 Å². The minimum Gasteiger partial charge on any atom is -0.436 e. The molecule has 1 N–H and O–H groups in total. The Bertz CT molecular complexity index is 1140. The van der Waals surface area contributed by atoms with Crippen LogP contribution >= 0.6 is 0 Å². The largest absolute Gasteiger partial charge is 0.493 e. The average molecular weight is 447 g/mol. The Hall–Kier alpha value is -3.40. The molecule has 1 fully saturated rings. The molecule has 0 atom stereocenters. The van der Waals surface area contributed by atoms with Crippen LogP contribution in [-0.4, -0.2) is 41.0 Å². The SMILES string of the molecule is O=C(NOC(=O)C(F)(F)F)c1ccc2oc(-c3cccc(CN4CCCCC4)c3)nc2c1. The second-order valence-corrected chi connectivity index (χ2v) is 7.56. The molecule has 0 bridgehead atoms. The molecule has 0 aliphatic carbocycles. The van der Waals surface area contributed by atoms with E-state index in [2.05, 4.69) is 14.7 Å². The van der Waals surface area contributed by atoms with Gasteiger partial charge in [0.2, 0.25) is 5.89 Å². The second kappa shape index (κ2) is 8.99. The van der Waals surface area contributed by atoms with Gasteiger partial charge in [-0.05, 0) is 61.8 Å². The van der Waals surface area contributed by atoms with Crippen molar-refractivity contribution in [3.8, 4) is 11.5 Å². The summed E-state index contributed by atoms with van der Waals surface area (Å²) in [6.07, 6.45) is -1.53. The highest BCUT2D eigenvalue weighted by atomic mass is 19.4.